The van der Waals surface area contributed by atoms with E-state index in [4.69, 9.17) is 15.9 Å². The van der Waals surface area contributed by atoms with Gasteiger partial charge < -0.3 is 26.1 Å². The van der Waals surface area contributed by atoms with Crippen LogP contribution in [0.25, 0.3) is 0 Å². The summed E-state index contributed by atoms with van der Waals surface area (Å²) in [5.74, 6) is 0.444. The Morgan fingerprint density at radius 1 is 1.11 bits per heavy atom. The van der Waals surface area contributed by atoms with Crippen molar-refractivity contribution in [2.24, 2.45) is 0 Å². The molecule has 1 heterocycles. The second-order valence-corrected chi connectivity index (χ2v) is 12.2. The highest BCUT2D eigenvalue weighted by molar-refractivity contribution is 8.01. The molecule has 0 radical (unpaired) electrons. The molecule has 8 heteroatoms. The Morgan fingerprint density at radius 2 is 1.86 bits per heavy atom. The molecule has 0 aliphatic carbocycles. The Balaban J connectivity index is 1.48. The minimum Gasteiger partial charge on any atom is -0.490 e. The van der Waals surface area contributed by atoms with E-state index >= 15 is 0 Å². The van der Waals surface area contributed by atoms with Crippen molar-refractivity contribution in [2.75, 3.05) is 36.3 Å². The van der Waals surface area contributed by atoms with Crippen LogP contribution in [0.1, 0.15) is 34.8 Å². The van der Waals surface area contributed by atoms with E-state index in [0.717, 1.165) is 27.4 Å². The number of benzene rings is 3. The molecule has 0 saturated carbocycles. The topological polar surface area (TPSA) is 109 Å². The number of nitrogen functional groups attached to an aromatic ring is 1. The maximum absolute atomic E-state index is 12.8. The lowest BCUT2D eigenvalue weighted by Crippen LogP contribution is -2.29. The molecule has 0 unspecified atom stereocenters. The zero-order valence-corrected chi connectivity index (χ0v) is 21.2. The van der Waals surface area contributed by atoms with Gasteiger partial charge in [-0.15, -0.1) is 0 Å². The van der Waals surface area contributed by atoms with Gasteiger partial charge in [0.25, 0.3) is 5.91 Å². The second-order valence-electron chi connectivity index (χ2n) is 8.99. The number of nitrogens with zero attached hydrogens (tertiary/aromatic N) is 1. The van der Waals surface area contributed by atoms with Crippen LogP contribution < -0.4 is 20.7 Å². The monoisotopic (exact) mass is 492 g/mol. The van der Waals surface area contributed by atoms with Gasteiger partial charge in [0, 0.05) is 39.7 Å². The number of carbonyl (C=O) groups excluding carboxylic acids is 1. The molecule has 0 fully saturated rings. The molecule has 0 saturated heterocycles. The van der Waals surface area contributed by atoms with Crippen LogP contribution >= 0.6 is 0 Å². The molecule has 0 atom stereocenters. The van der Waals surface area contributed by atoms with Gasteiger partial charge in [-0.1, -0.05) is 29.0 Å². The number of amides is 1. The molecule has 0 aromatic heterocycles. The molecule has 3 aromatic rings. The van der Waals surface area contributed by atoms with Gasteiger partial charge >= 0.3 is 0 Å². The van der Waals surface area contributed by atoms with Crippen molar-refractivity contribution in [2.45, 2.75) is 24.8 Å². The summed E-state index contributed by atoms with van der Waals surface area (Å²) in [5, 5.41) is 11.0. The van der Waals surface area contributed by atoms with Crippen molar-refractivity contribution in [3.8, 4) is 5.75 Å². The summed E-state index contributed by atoms with van der Waals surface area (Å²) in [6.07, 6.45) is 4.11. The summed E-state index contributed by atoms with van der Waals surface area (Å²) in [4.78, 5) is 15.7. The average molecular weight is 493 g/mol. The van der Waals surface area contributed by atoms with E-state index in [-0.39, 0.29) is 5.91 Å². The number of ether oxygens (including phenoxy) is 1. The zero-order valence-electron chi connectivity index (χ0n) is 20.3. The molecule has 0 spiro atoms. The third-order valence-electron chi connectivity index (χ3n) is 6.12. The molecular weight excluding hydrogens is 460 g/mol. The lowest BCUT2D eigenvalue weighted by molar-refractivity contribution is 0.0950. The van der Waals surface area contributed by atoms with Gasteiger partial charge in [-0.05, 0) is 73.0 Å². The molecule has 1 amide bonds. The van der Waals surface area contributed by atoms with Crippen molar-refractivity contribution in [1.82, 2.24) is 5.32 Å². The Bertz CT molecular complexity index is 1310. The lowest BCUT2D eigenvalue weighted by atomic mass is 10.0. The van der Waals surface area contributed by atoms with Crippen LogP contribution in [-0.2, 0) is 16.5 Å². The van der Waals surface area contributed by atoms with Crippen LogP contribution in [-0.4, -0.2) is 41.5 Å². The summed E-state index contributed by atoms with van der Waals surface area (Å²) in [6.45, 7) is 3.45. The SMILES string of the molecule is CCC(=N)c1ccc(N2CCOc3cc(C(=O)NCc4ccc([SH](C)(C)=O)cc4)ccc32)cc1N. The Hall–Kier alpha value is -3.65. The first kappa shape index (κ1) is 24.5. The van der Waals surface area contributed by atoms with E-state index < -0.39 is 9.93 Å². The number of hydrogen-bond donors (Lipinski definition) is 4. The Kier molecular flexibility index (Phi) is 6.93. The maximum atomic E-state index is 12.8. The average Bonchev–Trinajstić information content (AvgIpc) is 2.85. The molecule has 4 N–H and O–H groups in total. The Labute approximate surface area is 207 Å². The standard InChI is InChI=1S/C27H32N4O3S/c1-4-23(28)22-11-8-20(16-24(22)29)31-13-14-34-26-15-19(7-12-25(26)31)27(32)30-17-18-5-9-21(10-6-18)35(2,3)33/h5-12,15-16,28,35H,4,13-14,17,29H2,1-3H3,(H,30,32). The minimum atomic E-state index is -2.30. The highest BCUT2D eigenvalue weighted by Gasteiger charge is 2.22. The molecule has 0 bridgehead atoms. The van der Waals surface area contributed by atoms with Gasteiger partial charge in [-0.3, -0.25) is 9.00 Å². The highest BCUT2D eigenvalue weighted by atomic mass is 32.2. The number of anilines is 3. The van der Waals surface area contributed by atoms with E-state index in [1.54, 1.807) is 24.6 Å². The normalized spacial score (nSPS) is 13.5. The summed E-state index contributed by atoms with van der Waals surface area (Å²) < 4.78 is 18.1. The summed E-state index contributed by atoms with van der Waals surface area (Å²) in [6, 6.07) is 18.7. The minimum absolute atomic E-state index is 0.194. The van der Waals surface area contributed by atoms with Crippen LogP contribution in [0, 0.1) is 5.41 Å². The van der Waals surface area contributed by atoms with Crippen molar-refractivity contribution in [3.05, 3.63) is 77.4 Å². The van der Waals surface area contributed by atoms with Crippen LogP contribution in [0.4, 0.5) is 17.1 Å². The summed E-state index contributed by atoms with van der Waals surface area (Å²) in [7, 11) is -2.30. The first-order valence-electron chi connectivity index (χ1n) is 11.6. The van der Waals surface area contributed by atoms with E-state index in [9.17, 15) is 9.00 Å². The molecule has 184 valence electrons. The lowest BCUT2D eigenvalue weighted by Gasteiger charge is -2.32. The van der Waals surface area contributed by atoms with E-state index in [1.807, 2.05) is 55.5 Å². The van der Waals surface area contributed by atoms with Gasteiger partial charge in [-0.25, -0.2) is 0 Å². The predicted octanol–water partition coefficient (Wildman–Crippen LogP) is 4.14. The molecular formula is C27H32N4O3S. The summed E-state index contributed by atoms with van der Waals surface area (Å²) in [5.41, 5.74) is 11.3. The molecule has 35 heavy (non-hydrogen) atoms. The third kappa shape index (κ3) is 5.38. The Morgan fingerprint density at radius 3 is 2.51 bits per heavy atom. The first-order valence-corrected chi connectivity index (χ1v) is 14.2. The zero-order chi connectivity index (χ0) is 25.2. The van der Waals surface area contributed by atoms with Crippen molar-refractivity contribution in [1.29, 1.82) is 5.41 Å². The fourth-order valence-electron chi connectivity index (χ4n) is 4.07. The number of nitrogens with one attached hydrogen (secondary N) is 2. The molecule has 4 rings (SSSR count). The fourth-order valence-corrected chi connectivity index (χ4v) is 4.94. The maximum Gasteiger partial charge on any atom is 0.251 e. The van der Waals surface area contributed by atoms with Crippen LogP contribution in [0.3, 0.4) is 0 Å². The molecule has 7 nitrogen and oxygen atoms in total. The fraction of sp³-hybridized carbons (Fsp3) is 0.259. The summed E-state index contributed by atoms with van der Waals surface area (Å²) >= 11 is 0. The number of rotatable bonds is 7. The largest absolute Gasteiger partial charge is 0.490 e. The van der Waals surface area contributed by atoms with Crippen molar-refractivity contribution in [3.63, 3.8) is 0 Å². The number of fused-ring (bicyclic) bond motifs is 1. The highest BCUT2D eigenvalue weighted by Crippen LogP contribution is 2.38. The van der Waals surface area contributed by atoms with Gasteiger partial charge in [0.05, 0.1) is 12.2 Å². The first-order chi connectivity index (χ1) is 16.7. The van der Waals surface area contributed by atoms with Crippen LogP contribution in [0.2, 0.25) is 0 Å². The second kappa shape index (κ2) is 9.92. The predicted molar refractivity (Wildman–Crippen MR) is 144 cm³/mol. The van der Waals surface area contributed by atoms with Crippen molar-refractivity contribution >= 4 is 38.6 Å². The molecule has 1 aliphatic heterocycles. The number of nitrogens with two attached hydrogens (primary N) is 1. The van der Waals surface area contributed by atoms with E-state index in [1.165, 1.54) is 0 Å². The third-order valence-corrected chi connectivity index (χ3v) is 7.66. The van der Waals surface area contributed by atoms with E-state index in [2.05, 4.69) is 10.2 Å². The van der Waals surface area contributed by atoms with Gasteiger partial charge in [-0.2, -0.15) is 0 Å². The molecule has 3 aromatic carbocycles. The van der Waals surface area contributed by atoms with Crippen LogP contribution in [0.5, 0.6) is 5.75 Å². The van der Waals surface area contributed by atoms with Gasteiger partial charge in [0.15, 0.2) is 0 Å². The number of hydrogen-bond acceptors (Lipinski definition) is 6. The quantitative estimate of drug-likeness (QED) is 0.225. The van der Waals surface area contributed by atoms with Gasteiger partial charge in [0.1, 0.15) is 12.4 Å². The van der Waals surface area contributed by atoms with E-state index in [0.29, 0.717) is 48.8 Å². The smallest absolute Gasteiger partial charge is 0.251 e. The van der Waals surface area contributed by atoms with Gasteiger partial charge in [0.2, 0.25) is 0 Å². The molecule has 1 aliphatic rings. The van der Waals surface area contributed by atoms with Crippen LogP contribution in [0.15, 0.2) is 65.6 Å². The number of thiol groups is 1. The number of carbonyl (C=O) groups is 1. The van der Waals surface area contributed by atoms with Crippen molar-refractivity contribution < 1.29 is 13.7 Å².